The molecule has 3 rings (SSSR count). The molecular weight excluding hydrogens is 468 g/mol. The van der Waals surface area contributed by atoms with E-state index in [0.717, 1.165) is 26.5 Å². The van der Waals surface area contributed by atoms with Gasteiger partial charge >= 0.3 is 0 Å². The smallest absolute Gasteiger partial charge is 0.271 e. The highest BCUT2D eigenvalue weighted by Crippen LogP contribution is 2.31. The van der Waals surface area contributed by atoms with Gasteiger partial charge in [-0.1, -0.05) is 6.92 Å². The lowest BCUT2D eigenvalue weighted by molar-refractivity contribution is 0.594. The fraction of sp³-hybridized carbons (Fsp3) is 0.214. The van der Waals surface area contributed by atoms with Gasteiger partial charge in [-0.05, 0) is 52.7 Å². The van der Waals surface area contributed by atoms with Gasteiger partial charge in [0, 0.05) is 0 Å². The second-order valence-electron chi connectivity index (χ2n) is 5.15. The van der Waals surface area contributed by atoms with Crippen LogP contribution in [0.5, 0.6) is 0 Å². The zero-order valence-electron chi connectivity index (χ0n) is 12.9. The maximum absolute atomic E-state index is 12.4. The highest BCUT2D eigenvalue weighted by Gasteiger charge is 2.20. The molecule has 0 saturated carbocycles. The lowest BCUT2D eigenvalue weighted by Gasteiger charge is -2.05. The Balaban J connectivity index is 1.94. The molecule has 0 unspecified atom stereocenters. The molecule has 0 spiro atoms. The minimum absolute atomic E-state index is 0.0412. The van der Waals surface area contributed by atoms with Gasteiger partial charge in [0.1, 0.15) is 4.21 Å². The number of nitrogens with zero attached hydrogens (tertiary/aromatic N) is 1. The largest absolute Gasteiger partial charge is 0.279 e. The predicted molar refractivity (Wildman–Crippen MR) is 105 cm³/mol. The molecule has 134 valence electrons. The van der Waals surface area contributed by atoms with E-state index in [4.69, 9.17) is 0 Å². The van der Waals surface area contributed by atoms with Crippen LogP contribution >= 0.6 is 38.6 Å². The van der Waals surface area contributed by atoms with E-state index in [1.807, 2.05) is 0 Å². The normalized spacial score (nSPS) is 12.6. The van der Waals surface area contributed by atoms with Crippen LogP contribution in [0, 0.1) is 0 Å². The topological polar surface area (TPSA) is 93.2 Å². The fourth-order valence-electron chi connectivity index (χ4n) is 2.10. The molecule has 0 radical (unpaired) electrons. The van der Waals surface area contributed by atoms with E-state index >= 15 is 0 Å². The first kappa shape index (κ1) is 18.8. The molecule has 6 nitrogen and oxygen atoms in total. The van der Waals surface area contributed by atoms with E-state index in [-0.39, 0.29) is 14.3 Å². The van der Waals surface area contributed by atoms with Crippen LogP contribution in [0.25, 0.3) is 10.2 Å². The number of anilines is 1. The number of thiazole rings is 1. The monoisotopic (exact) mass is 480 g/mol. The van der Waals surface area contributed by atoms with Crippen molar-refractivity contribution in [3.63, 3.8) is 0 Å². The number of rotatable bonds is 6. The molecule has 2 heterocycles. The Morgan fingerprint density at radius 3 is 2.52 bits per heavy atom. The van der Waals surface area contributed by atoms with Gasteiger partial charge in [0.25, 0.3) is 10.0 Å². The van der Waals surface area contributed by atoms with Crippen molar-refractivity contribution >= 4 is 74.4 Å². The minimum Gasteiger partial charge on any atom is -0.279 e. The number of fused-ring (bicyclic) bond motifs is 1. The van der Waals surface area contributed by atoms with Gasteiger partial charge in [0.15, 0.2) is 0 Å². The van der Waals surface area contributed by atoms with Gasteiger partial charge in [-0.3, -0.25) is 4.72 Å². The van der Waals surface area contributed by atoms with Crippen molar-refractivity contribution in [1.82, 2.24) is 4.98 Å². The number of benzene rings is 1. The third-order valence-electron chi connectivity index (χ3n) is 3.17. The number of aromatic nitrogens is 1. The first-order valence-corrected chi connectivity index (χ1v) is 12.7. The highest BCUT2D eigenvalue weighted by molar-refractivity contribution is 9.11. The lowest BCUT2D eigenvalue weighted by Crippen LogP contribution is -2.11. The Bertz CT molecular complexity index is 1130. The van der Waals surface area contributed by atoms with Crippen molar-refractivity contribution < 1.29 is 16.8 Å². The molecule has 0 atom stereocenters. The zero-order valence-corrected chi connectivity index (χ0v) is 17.7. The van der Waals surface area contributed by atoms with Crippen molar-refractivity contribution in [1.29, 1.82) is 0 Å². The summed E-state index contributed by atoms with van der Waals surface area (Å²) in [5.41, 5.74) is 0.890. The van der Waals surface area contributed by atoms with Crippen molar-refractivity contribution in [3.05, 3.63) is 34.1 Å². The van der Waals surface area contributed by atoms with Crippen LogP contribution in [0.1, 0.15) is 13.3 Å². The molecule has 0 amide bonds. The van der Waals surface area contributed by atoms with Crippen molar-refractivity contribution in [2.75, 3.05) is 10.5 Å². The number of hydrogen-bond acceptors (Lipinski definition) is 7. The summed E-state index contributed by atoms with van der Waals surface area (Å²) in [6, 6.07) is 7.95. The van der Waals surface area contributed by atoms with Gasteiger partial charge in [0.05, 0.1) is 25.4 Å². The summed E-state index contributed by atoms with van der Waals surface area (Å²) in [6.45, 7) is 1.79. The van der Waals surface area contributed by atoms with E-state index in [1.165, 1.54) is 6.07 Å². The molecule has 0 aliphatic heterocycles. The lowest BCUT2D eigenvalue weighted by atomic mass is 10.3. The summed E-state index contributed by atoms with van der Waals surface area (Å²) in [4.78, 5) is 4.15. The van der Waals surface area contributed by atoms with Crippen LogP contribution < -0.4 is 4.72 Å². The maximum Gasteiger partial charge on any atom is 0.271 e. The molecule has 2 aromatic heterocycles. The summed E-state index contributed by atoms with van der Waals surface area (Å²) >= 11 is 5.39. The second-order valence-corrected chi connectivity index (χ2v) is 12.8. The van der Waals surface area contributed by atoms with Crippen LogP contribution in [0.3, 0.4) is 0 Å². The third-order valence-corrected chi connectivity index (χ3v) is 10.1. The fourth-order valence-corrected chi connectivity index (χ4v) is 7.88. The van der Waals surface area contributed by atoms with Crippen LogP contribution in [-0.2, 0) is 19.9 Å². The standard InChI is InChI=1S/C14H13BrN2O4S4/c1-2-7-24(18,19)14-16-10-4-3-9(8-11(10)22-14)17-25(20,21)13-6-5-12(15)23-13/h3-6,8,17H,2,7H2,1H3. The summed E-state index contributed by atoms with van der Waals surface area (Å²) in [5, 5.41) is 0. The van der Waals surface area contributed by atoms with Gasteiger partial charge in [-0.25, -0.2) is 21.8 Å². The Morgan fingerprint density at radius 2 is 1.88 bits per heavy atom. The highest BCUT2D eigenvalue weighted by atomic mass is 79.9. The van der Waals surface area contributed by atoms with Crippen molar-refractivity contribution in [2.24, 2.45) is 0 Å². The van der Waals surface area contributed by atoms with E-state index in [1.54, 1.807) is 31.2 Å². The Morgan fingerprint density at radius 1 is 1.12 bits per heavy atom. The number of sulfonamides is 1. The maximum atomic E-state index is 12.4. The van der Waals surface area contributed by atoms with Gasteiger partial charge < -0.3 is 0 Å². The Kier molecular flexibility index (Phi) is 5.22. The average molecular weight is 481 g/mol. The number of thiophene rings is 1. The molecular formula is C14H13BrN2O4S4. The molecule has 1 N–H and O–H groups in total. The number of nitrogens with one attached hydrogen (secondary N) is 1. The summed E-state index contributed by atoms with van der Waals surface area (Å²) < 4.78 is 53.1. The SMILES string of the molecule is CCCS(=O)(=O)c1nc2ccc(NS(=O)(=O)c3ccc(Br)s3)cc2s1. The summed E-state index contributed by atoms with van der Waals surface area (Å²) in [5.74, 6) is 0.0412. The molecule has 0 saturated heterocycles. The van der Waals surface area contributed by atoms with Crippen molar-refractivity contribution in [2.45, 2.75) is 21.9 Å². The second kappa shape index (κ2) is 6.95. The van der Waals surface area contributed by atoms with Gasteiger partial charge in [-0.15, -0.1) is 22.7 Å². The molecule has 0 fully saturated rings. The molecule has 0 aliphatic rings. The first-order valence-electron chi connectivity index (χ1n) is 7.13. The zero-order chi connectivity index (χ0) is 18.2. The number of hydrogen-bond donors (Lipinski definition) is 1. The van der Waals surface area contributed by atoms with Crippen LogP contribution in [0.15, 0.2) is 42.7 Å². The average Bonchev–Trinajstić information content (AvgIpc) is 3.13. The Labute approximate surface area is 162 Å². The van der Waals surface area contributed by atoms with E-state index in [9.17, 15) is 16.8 Å². The van der Waals surface area contributed by atoms with E-state index in [2.05, 4.69) is 25.6 Å². The van der Waals surface area contributed by atoms with Crippen LogP contribution in [-0.4, -0.2) is 27.6 Å². The van der Waals surface area contributed by atoms with Crippen LogP contribution in [0.2, 0.25) is 0 Å². The summed E-state index contributed by atoms with van der Waals surface area (Å²) in [7, 11) is -7.08. The quantitative estimate of drug-likeness (QED) is 0.572. The molecule has 3 aromatic rings. The van der Waals surface area contributed by atoms with Gasteiger partial charge in [0.2, 0.25) is 14.2 Å². The molecule has 25 heavy (non-hydrogen) atoms. The molecule has 0 aliphatic carbocycles. The Hall–Kier alpha value is -1.01. The van der Waals surface area contributed by atoms with E-state index in [0.29, 0.717) is 22.3 Å². The van der Waals surface area contributed by atoms with Gasteiger partial charge in [-0.2, -0.15) is 0 Å². The molecule has 1 aromatic carbocycles. The predicted octanol–water partition coefficient (Wildman–Crippen LogP) is 4.10. The van der Waals surface area contributed by atoms with Crippen LogP contribution in [0.4, 0.5) is 5.69 Å². The van der Waals surface area contributed by atoms with Crippen molar-refractivity contribution in [3.8, 4) is 0 Å². The molecule has 11 heteroatoms. The van der Waals surface area contributed by atoms with E-state index < -0.39 is 19.9 Å². The number of sulfone groups is 1. The number of halogens is 1. The minimum atomic E-state index is -3.69. The third kappa shape index (κ3) is 4.05. The summed E-state index contributed by atoms with van der Waals surface area (Å²) in [6.07, 6.45) is 0.514. The first-order chi connectivity index (χ1) is 11.7. The molecule has 0 bridgehead atoms.